The third-order valence-corrected chi connectivity index (χ3v) is 3.19. The fourth-order valence-corrected chi connectivity index (χ4v) is 2.56. The molecule has 0 aromatic carbocycles. The van der Waals surface area contributed by atoms with Crippen LogP contribution in [0.25, 0.3) is 10.1 Å². The third kappa shape index (κ3) is 1.95. The molecule has 2 rings (SSSR count). The maximum absolute atomic E-state index is 4.18. The molecule has 0 N–H and O–H groups in total. The molecule has 0 saturated carbocycles. The first-order valence-corrected chi connectivity index (χ1v) is 5.74. The van der Waals surface area contributed by atoms with E-state index in [1.165, 1.54) is 15.6 Å². The lowest BCUT2D eigenvalue weighted by Crippen LogP contribution is -2.08. The lowest BCUT2D eigenvalue weighted by Gasteiger charge is -2.17. The Bertz CT molecular complexity index is 437. The maximum atomic E-state index is 4.18. The summed E-state index contributed by atoms with van der Waals surface area (Å²) in [5, 5.41) is 3.59. The molecule has 0 unspecified atom stereocenters. The topological polar surface area (TPSA) is 12.9 Å². The highest BCUT2D eigenvalue weighted by Crippen LogP contribution is 2.30. The summed E-state index contributed by atoms with van der Waals surface area (Å²) >= 11 is 1.81. The van der Waals surface area contributed by atoms with Crippen molar-refractivity contribution in [2.75, 3.05) is 0 Å². The van der Waals surface area contributed by atoms with Crippen molar-refractivity contribution in [2.45, 2.75) is 27.2 Å². The Balaban J connectivity index is 2.44. The van der Waals surface area contributed by atoms with E-state index in [1.54, 1.807) is 0 Å². The van der Waals surface area contributed by atoms with Gasteiger partial charge in [-0.2, -0.15) is 0 Å². The van der Waals surface area contributed by atoms with Crippen LogP contribution < -0.4 is 0 Å². The maximum Gasteiger partial charge on any atom is 0.0376 e. The summed E-state index contributed by atoms with van der Waals surface area (Å²) in [6.45, 7) is 6.81. The Labute approximate surface area is 88.8 Å². The predicted molar refractivity (Wildman–Crippen MR) is 62.8 cm³/mol. The van der Waals surface area contributed by atoms with Gasteiger partial charge in [0, 0.05) is 22.5 Å². The second-order valence-electron chi connectivity index (χ2n) is 4.87. The first-order valence-electron chi connectivity index (χ1n) is 4.86. The molecule has 14 heavy (non-hydrogen) atoms. The molecule has 0 aliphatic heterocycles. The monoisotopic (exact) mass is 205 g/mol. The summed E-state index contributed by atoms with van der Waals surface area (Å²) in [5.41, 5.74) is 1.79. The lowest BCUT2D eigenvalue weighted by molar-refractivity contribution is 0.413. The summed E-state index contributed by atoms with van der Waals surface area (Å²) in [5.74, 6) is 0. The van der Waals surface area contributed by atoms with E-state index in [-0.39, 0.29) is 0 Å². The van der Waals surface area contributed by atoms with Gasteiger partial charge in [-0.3, -0.25) is 4.98 Å². The van der Waals surface area contributed by atoms with E-state index in [4.69, 9.17) is 0 Å². The third-order valence-electron chi connectivity index (χ3n) is 2.18. The van der Waals surface area contributed by atoms with Crippen molar-refractivity contribution in [2.24, 2.45) is 5.41 Å². The van der Waals surface area contributed by atoms with Gasteiger partial charge in [0.1, 0.15) is 0 Å². The molecule has 0 radical (unpaired) electrons. The fraction of sp³-hybridized carbons (Fsp3) is 0.417. The zero-order chi connectivity index (χ0) is 10.2. The van der Waals surface area contributed by atoms with Crippen LogP contribution in [0.4, 0.5) is 0 Å². The van der Waals surface area contributed by atoms with Crippen molar-refractivity contribution in [3.8, 4) is 0 Å². The first-order chi connectivity index (χ1) is 6.56. The molecule has 0 aliphatic carbocycles. The Morgan fingerprint density at radius 2 is 2.14 bits per heavy atom. The minimum absolute atomic E-state index is 0.351. The Hall–Kier alpha value is -0.890. The van der Waals surface area contributed by atoms with Crippen LogP contribution in [-0.4, -0.2) is 4.98 Å². The van der Waals surface area contributed by atoms with E-state index >= 15 is 0 Å². The largest absolute Gasteiger partial charge is 0.264 e. The first kappa shape index (κ1) is 9.66. The lowest BCUT2D eigenvalue weighted by atomic mass is 9.88. The molecule has 2 aromatic rings. The van der Waals surface area contributed by atoms with E-state index in [0.717, 1.165) is 6.42 Å². The normalized spacial score (nSPS) is 12.2. The Morgan fingerprint density at radius 3 is 2.86 bits per heavy atom. The van der Waals surface area contributed by atoms with E-state index < -0.39 is 0 Å². The Morgan fingerprint density at radius 1 is 1.36 bits per heavy atom. The molecule has 0 aliphatic rings. The zero-order valence-electron chi connectivity index (χ0n) is 8.87. The summed E-state index contributed by atoms with van der Waals surface area (Å²) in [6.07, 6.45) is 4.96. The van der Waals surface area contributed by atoms with Crippen LogP contribution in [0.3, 0.4) is 0 Å². The number of aromatic nitrogens is 1. The van der Waals surface area contributed by atoms with Crippen LogP contribution >= 0.6 is 11.3 Å². The number of nitrogens with zero attached hydrogens (tertiary/aromatic N) is 1. The van der Waals surface area contributed by atoms with Gasteiger partial charge >= 0.3 is 0 Å². The van der Waals surface area contributed by atoms with Crippen molar-refractivity contribution in [3.63, 3.8) is 0 Å². The summed E-state index contributed by atoms with van der Waals surface area (Å²) in [7, 11) is 0. The van der Waals surface area contributed by atoms with E-state index in [1.807, 2.05) is 23.7 Å². The Kier molecular flexibility index (Phi) is 2.31. The number of hydrogen-bond acceptors (Lipinski definition) is 2. The van der Waals surface area contributed by atoms with E-state index in [2.05, 4.69) is 37.2 Å². The minimum Gasteiger partial charge on any atom is -0.264 e. The molecule has 1 nitrogen and oxygen atoms in total. The average molecular weight is 205 g/mol. The van der Waals surface area contributed by atoms with Gasteiger partial charge in [-0.05, 0) is 28.8 Å². The number of hydrogen-bond donors (Lipinski definition) is 0. The molecule has 0 saturated heterocycles. The molecule has 0 amide bonds. The standard InChI is InChI=1S/C12H15NS/c1-12(2,3)6-9-8-14-11-4-5-13-7-10(9)11/h4-5,7-8H,6H2,1-3H3. The molecule has 0 bridgehead atoms. The highest BCUT2D eigenvalue weighted by molar-refractivity contribution is 7.17. The van der Waals surface area contributed by atoms with Gasteiger partial charge < -0.3 is 0 Å². The molecule has 0 atom stereocenters. The van der Waals surface area contributed by atoms with Gasteiger partial charge in [-0.25, -0.2) is 0 Å². The number of pyridine rings is 1. The average Bonchev–Trinajstić information content (AvgIpc) is 2.47. The van der Waals surface area contributed by atoms with Crippen LogP contribution in [0.5, 0.6) is 0 Å². The van der Waals surface area contributed by atoms with Crippen molar-refractivity contribution in [3.05, 3.63) is 29.4 Å². The van der Waals surface area contributed by atoms with Crippen LogP contribution in [0.15, 0.2) is 23.8 Å². The molecule has 2 heterocycles. The molecule has 2 aromatic heterocycles. The SMILES string of the molecule is CC(C)(C)Cc1csc2ccncc12. The van der Waals surface area contributed by atoms with Crippen molar-refractivity contribution >= 4 is 21.4 Å². The van der Waals surface area contributed by atoms with E-state index in [9.17, 15) is 0 Å². The smallest absolute Gasteiger partial charge is 0.0376 e. The zero-order valence-corrected chi connectivity index (χ0v) is 9.69. The van der Waals surface area contributed by atoms with Crippen molar-refractivity contribution in [1.82, 2.24) is 4.98 Å². The van der Waals surface area contributed by atoms with Gasteiger partial charge in [0.2, 0.25) is 0 Å². The molecule has 74 valence electrons. The number of thiophene rings is 1. The van der Waals surface area contributed by atoms with Crippen molar-refractivity contribution in [1.29, 1.82) is 0 Å². The van der Waals surface area contributed by atoms with Crippen LogP contribution in [0.2, 0.25) is 0 Å². The van der Waals surface area contributed by atoms with Crippen LogP contribution in [0.1, 0.15) is 26.3 Å². The summed E-state index contributed by atoms with van der Waals surface area (Å²) in [4.78, 5) is 4.18. The van der Waals surface area contributed by atoms with Crippen LogP contribution in [0, 0.1) is 5.41 Å². The molecule has 0 spiro atoms. The minimum atomic E-state index is 0.351. The number of fused-ring (bicyclic) bond motifs is 1. The number of rotatable bonds is 1. The molecule has 0 fully saturated rings. The van der Waals surface area contributed by atoms with Gasteiger partial charge in [0.25, 0.3) is 0 Å². The fourth-order valence-electron chi connectivity index (χ4n) is 1.63. The second-order valence-corrected chi connectivity index (χ2v) is 5.78. The predicted octanol–water partition coefficient (Wildman–Crippen LogP) is 3.88. The van der Waals surface area contributed by atoms with Gasteiger partial charge in [-0.15, -0.1) is 11.3 Å². The van der Waals surface area contributed by atoms with Crippen molar-refractivity contribution < 1.29 is 0 Å². The van der Waals surface area contributed by atoms with E-state index in [0.29, 0.717) is 5.41 Å². The summed E-state index contributed by atoms with van der Waals surface area (Å²) < 4.78 is 1.35. The van der Waals surface area contributed by atoms with Gasteiger partial charge in [-0.1, -0.05) is 20.8 Å². The van der Waals surface area contributed by atoms with Crippen LogP contribution in [-0.2, 0) is 6.42 Å². The summed E-state index contributed by atoms with van der Waals surface area (Å²) in [6, 6.07) is 2.09. The molecular formula is C12H15NS. The van der Waals surface area contributed by atoms with Gasteiger partial charge in [0.05, 0.1) is 0 Å². The highest BCUT2D eigenvalue weighted by atomic mass is 32.1. The van der Waals surface area contributed by atoms with Gasteiger partial charge in [0.15, 0.2) is 0 Å². The molecule has 2 heteroatoms. The quantitative estimate of drug-likeness (QED) is 0.688. The highest BCUT2D eigenvalue weighted by Gasteiger charge is 2.14. The second kappa shape index (κ2) is 3.35. The molecular weight excluding hydrogens is 190 g/mol.